The maximum absolute atomic E-state index is 12.2. The van der Waals surface area contributed by atoms with Gasteiger partial charge in [-0.3, -0.25) is 9.59 Å². The lowest BCUT2D eigenvalue weighted by atomic mass is 10.1. The van der Waals surface area contributed by atoms with Crippen LogP contribution in [-0.2, 0) is 9.59 Å². The molecule has 22 heavy (non-hydrogen) atoms. The summed E-state index contributed by atoms with van der Waals surface area (Å²) in [5, 5.41) is 1.75. The molecule has 1 aliphatic rings. The van der Waals surface area contributed by atoms with Crippen LogP contribution in [0.2, 0.25) is 0 Å². The smallest absolute Gasteiger partial charge is 0.471 e. The molecule has 0 spiro atoms. The minimum atomic E-state index is -4.96. The Hall–Kier alpha value is -2.25. The first-order valence-electron chi connectivity index (χ1n) is 6.64. The van der Waals surface area contributed by atoms with Gasteiger partial charge in [-0.1, -0.05) is 13.8 Å². The lowest BCUT2D eigenvalue weighted by Crippen LogP contribution is -2.41. The average Bonchev–Trinajstić information content (AvgIpc) is 2.40. The van der Waals surface area contributed by atoms with Gasteiger partial charge < -0.3 is 15.0 Å². The molecule has 0 atom stereocenters. The molecular formula is C14H15F3N2O3. The summed E-state index contributed by atoms with van der Waals surface area (Å²) in [6.07, 6.45) is -4.96. The summed E-state index contributed by atoms with van der Waals surface area (Å²) in [5.74, 6) is -1.79. The number of ether oxygens (including phenoxy) is 1. The standard InChI is InChI=1S/C14H15F3N2O3/c1-8(2)6-19-10-4-3-9(18-13(21)14(15,16)17)5-11(10)22-7-12(19)20/h3-5,8H,6-7H2,1-2H3,(H,18,21). The number of carbonyl (C=O) groups excluding carboxylic acids is 2. The van der Waals surface area contributed by atoms with E-state index >= 15 is 0 Å². The molecule has 0 saturated heterocycles. The van der Waals surface area contributed by atoms with Crippen molar-refractivity contribution in [2.75, 3.05) is 23.4 Å². The summed E-state index contributed by atoms with van der Waals surface area (Å²) in [5.41, 5.74) is 0.440. The zero-order valence-corrected chi connectivity index (χ0v) is 12.0. The van der Waals surface area contributed by atoms with E-state index in [-0.39, 0.29) is 29.9 Å². The molecule has 0 saturated carbocycles. The summed E-state index contributed by atoms with van der Waals surface area (Å²) in [4.78, 5) is 24.3. The van der Waals surface area contributed by atoms with Crippen molar-refractivity contribution in [3.63, 3.8) is 0 Å². The van der Waals surface area contributed by atoms with Crippen LogP contribution in [0.4, 0.5) is 24.5 Å². The van der Waals surface area contributed by atoms with Gasteiger partial charge in [-0.05, 0) is 18.1 Å². The molecule has 0 bridgehead atoms. The van der Waals surface area contributed by atoms with Gasteiger partial charge in [-0.2, -0.15) is 13.2 Å². The third kappa shape index (κ3) is 3.49. The molecule has 1 aromatic carbocycles. The second-order valence-corrected chi connectivity index (χ2v) is 5.32. The van der Waals surface area contributed by atoms with Crippen LogP contribution in [0, 0.1) is 5.92 Å². The maximum atomic E-state index is 12.2. The minimum Gasteiger partial charge on any atom is -0.481 e. The monoisotopic (exact) mass is 316 g/mol. The summed E-state index contributed by atoms with van der Waals surface area (Å²) in [7, 11) is 0. The Morgan fingerprint density at radius 2 is 2.09 bits per heavy atom. The highest BCUT2D eigenvalue weighted by Gasteiger charge is 2.39. The third-order valence-electron chi connectivity index (χ3n) is 2.97. The van der Waals surface area contributed by atoms with Crippen molar-refractivity contribution in [1.29, 1.82) is 0 Å². The Bertz CT molecular complexity index is 599. The molecule has 1 N–H and O–H groups in total. The molecule has 1 heterocycles. The molecule has 2 rings (SSSR count). The van der Waals surface area contributed by atoms with Gasteiger partial charge in [-0.15, -0.1) is 0 Å². The van der Waals surface area contributed by atoms with E-state index in [2.05, 4.69) is 0 Å². The second-order valence-electron chi connectivity index (χ2n) is 5.32. The first-order valence-corrected chi connectivity index (χ1v) is 6.64. The third-order valence-corrected chi connectivity index (χ3v) is 2.97. The average molecular weight is 316 g/mol. The number of carbonyl (C=O) groups is 2. The van der Waals surface area contributed by atoms with Crippen molar-refractivity contribution < 1.29 is 27.5 Å². The van der Waals surface area contributed by atoms with Gasteiger partial charge in [0.05, 0.1) is 5.69 Å². The predicted octanol–water partition coefficient (Wildman–Crippen LogP) is 2.57. The number of rotatable bonds is 3. The zero-order chi connectivity index (χ0) is 16.5. The number of nitrogens with one attached hydrogen (secondary N) is 1. The molecule has 8 heteroatoms. The van der Waals surface area contributed by atoms with E-state index in [0.717, 1.165) is 0 Å². The Morgan fingerprint density at radius 1 is 1.41 bits per heavy atom. The van der Waals surface area contributed by atoms with Crippen molar-refractivity contribution in [1.82, 2.24) is 0 Å². The van der Waals surface area contributed by atoms with E-state index in [1.807, 2.05) is 13.8 Å². The van der Waals surface area contributed by atoms with Crippen molar-refractivity contribution in [3.8, 4) is 5.75 Å². The summed E-state index contributed by atoms with van der Waals surface area (Å²) in [6.45, 7) is 4.18. The Kier molecular flexibility index (Phi) is 4.30. The van der Waals surface area contributed by atoms with Gasteiger partial charge in [0, 0.05) is 18.3 Å². The Labute approximate surface area is 125 Å². The van der Waals surface area contributed by atoms with Gasteiger partial charge in [0.15, 0.2) is 6.61 Å². The highest BCUT2D eigenvalue weighted by molar-refractivity contribution is 5.99. The molecule has 0 unspecified atom stereocenters. The molecule has 120 valence electrons. The largest absolute Gasteiger partial charge is 0.481 e. The minimum absolute atomic E-state index is 0.0417. The van der Waals surface area contributed by atoms with Crippen LogP contribution < -0.4 is 15.0 Å². The van der Waals surface area contributed by atoms with Crippen LogP contribution in [-0.4, -0.2) is 31.1 Å². The quantitative estimate of drug-likeness (QED) is 0.932. The lowest BCUT2D eigenvalue weighted by Gasteiger charge is -2.31. The first-order chi connectivity index (χ1) is 10.2. The highest BCUT2D eigenvalue weighted by Crippen LogP contribution is 2.35. The van der Waals surface area contributed by atoms with E-state index in [0.29, 0.717) is 12.2 Å². The number of hydrogen-bond acceptors (Lipinski definition) is 3. The van der Waals surface area contributed by atoms with E-state index in [1.165, 1.54) is 23.1 Å². The number of benzene rings is 1. The summed E-state index contributed by atoms with van der Waals surface area (Å²) in [6, 6.07) is 4.04. The number of amides is 2. The van der Waals surface area contributed by atoms with Gasteiger partial charge in [0.1, 0.15) is 5.75 Å². The van der Waals surface area contributed by atoms with Crippen molar-refractivity contribution >= 4 is 23.2 Å². The second kappa shape index (κ2) is 5.86. The lowest BCUT2D eigenvalue weighted by molar-refractivity contribution is -0.167. The van der Waals surface area contributed by atoms with Gasteiger partial charge in [0.25, 0.3) is 5.91 Å². The molecule has 0 fully saturated rings. The fraction of sp³-hybridized carbons (Fsp3) is 0.429. The van der Waals surface area contributed by atoms with Crippen LogP contribution in [0.3, 0.4) is 0 Å². The van der Waals surface area contributed by atoms with E-state index < -0.39 is 12.1 Å². The molecule has 0 aliphatic carbocycles. The molecule has 0 aromatic heterocycles. The number of alkyl halides is 3. The van der Waals surface area contributed by atoms with Crippen LogP contribution in [0.25, 0.3) is 0 Å². The van der Waals surface area contributed by atoms with Crippen molar-refractivity contribution in [3.05, 3.63) is 18.2 Å². The molecule has 0 radical (unpaired) electrons. The van der Waals surface area contributed by atoms with E-state index in [1.54, 1.807) is 5.32 Å². The predicted molar refractivity (Wildman–Crippen MR) is 73.8 cm³/mol. The number of hydrogen-bond donors (Lipinski definition) is 1. The van der Waals surface area contributed by atoms with Crippen LogP contribution in [0.15, 0.2) is 18.2 Å². The highest BCUT2D eigenvalue weighted by atomic mass is 19.4. The molecule has 2 amide bonds. The fourth-order valence-electron chi connectivity index (χ4n) is 2.05. The zero-order valence-electron chi connectivity index (χ0n) is 12.0. The number of anilines is 2. The topological polar surface area (TPSA) is 58.6 Å². The van der Waals surface area contributed by atoms with Crippen molar-refractivity contribution in [2.45, 2.75) is 20.0 Å². The van der Waals surface area contributed by atoms with Crippen LogP contribution in [0.5, 0.6) is 5.75 Å². The molecule has 1 aliphatic heterocycles. The maximum Gasteiger partial charge on any atom is 0.471 e. The summed E-state index contributed by atoms with van der Waals surface area (Å²) >= 11 is 0. The van der Waals surface area contributed by atoms with Crippen LogP contribution in [0.1, 0.15) is 13.8 Å². The van der Waals surface area contributed by atoms with Gasteiger partial charge in [0.2, 0.25) is 0 Å². The summed E-state index contributed by atoms with van der Waals surface area (Å²) < 4.78 is 41.9. The number of halogens is 3. The normalized spacial score (nSPS) is 14.6. The van der Waals surface area contributed by atoms with Crippen molar-refractivity contribution in [2.24, 2.45) is 5.92 Å². The SMILES string of the molecule is CC(C)CN1C(=O)COc2cc(NC(=O)C(F)(F)F)ccc21. The van der Waals surface area contributed by atoms with E-state index in [9.17, 15) is 22.8 Å². The molecule has 5 nitrogen and oxygen atoms in total. The van der Waals surface area contributed by atoms with E-state index in [4.69, 9.17) is 4.74 Å². The first kappa shape index (κ1) is 16.1. The Morgan fingerprint density at radius 3 is 2.68 bits per heavy atom. The van der Waals surface area contributed by atoms with Crippen LogP contribution >= 0.6 is 0 Å². The Balaban J connectivity index is 2.24. The fourth-order valence-corrected chi connectivity index (χ4v) is 2.05. The molecular weight excluding hydrogens is 301 g/mol. The number of fused-ring (bicyclic) bond motifs is 1. The van der Waals surface area contributed by atoms with Gasteiger partial charge >= 0.3 is 12.1 Å². The molecule has 1 aromatic rings. The number of nitrogens with zero attached hydrogens (tertiary/aromatic N) is 1. The van der Waals surface area contributed by atoms with Gasteiger partial charge in [-0.25, -0.2) is 0 Å².